The van der Waals surface area contributed by atoms with Crippen molar-refractivity contribution >= 4 is 27.5 Å². The number of rotatable bonds is 5. The topological polar surface area (TPSA) is 90.2 Å². The van der Waals surface area contributed by atoms with Gasteiger partial charge in [-0.25, -0.2) is 13.2 Å². The summed E-state index contributed by atoms with van der Waals surface area (Å²) in [6.45, 7) is 0. The van der Waals surface area contributed by atoms with Crippen LogP contribution in [0.4, 0.5) is 5.69 Å². The van der Waals surface area contributed by atoms with E-state index < -0.39 is 26.2 Å². The molecule has 9 heteroatoms. The van der Waals surface area contributed by atoms with Crippen LogP contribution in [-0.2, 0) is 24.1 Å². The lowest BCUT2D eigenvalue weighted by Gasteiger charge is -2.13. The maximum Gasteiger partial charge on any atom is 0.330 e. The molecule has 0 amide bonds. The molecule has 140 valence electrons. The third-order valence-electron chi connectivity index (χ3n) is 3.81. The Morgan fingerprint density at radius 1 is 0.926 bits per heavy atom. The van der Waals surface area contributed by atoms with Crippen LogP contribution in [0, 0.1) is 0 Å². The maximum atomic E-state index is 12.8. The van der Waals surface area contributed by atoms with Crippen LogP contribution in [0.3, 0.4) is 0 Å². The zero-order chi connectivity index (χ0) is 19.6. The van der Waals surface area contributed by atoms with E-state index in [1.165, 1.54) is 25.9 Å². The van der Waals surface area contributed by atoms with Crippen LogP contribution in [0.1, 0.15) is 0 Å². The van der Waals surface area contributed by atoms with Crippen LogP contribution in [0.25, 0.3) is 0 Å². The van der Waals surface area contributed by atoms with Crippen molar-refractivity contribution in [3.63, 3.8) is 0 Å². The molecule has 1 N–H and O–H groups in total. The van der Waals surface area contributed by atoms with E-state index in [1.54, 1.807) is 24.3 Å². The molecule has 0 unspecified atom stereocenters. The van der Waals surface area contributed by atoms with Gasteiger partial charge in [-0.3, -0.25) is 14.1 Å². The van der Waals surface area contributed by atoms with Crippen LogP contribution in [-0.4, -0.2) is 17.6 Å². The molecule has 1 heterocycles. The van der Waals surface area contributed by atoms with Gasteiger partial charge in [0.2, 0.25) is 0 Å². The molecule has 0 spiro atoms. The summed E-state index contributed by atoms with van der Waals surface area (Å²) in [6, 6.07) is 16.4. The van der Waals surface area contributed by atoms with Crippen LogP contribution in [0.2, 0.25) is 0 Å². The van der Waals surface area contributed by atoms with Crippen molar-refractivity contribution in [3.05, 3.63) is 81.6 Å². The molecule has 1 aromatic heterocycles. The number of anilines is 1. The smallest absolute Gasteiger partial charge is 0.302 e. The molecule has 0 saturated heterocycles. The summed E-state index contributed by atoms with van der Waals surface area (Å²) in [5, 5.41) is 0. The standard InChI is InChI=1S/C18H17N3O4S2/c1-20-12-16(17(22)21(2)18(20)23)27(24,25)19-14-10-6-7-11-15(14)26-13-8-4-3-5-9-13/h3-12,19H,1-2H3. The number of nitrogens with zero attached hydrogens (tertiary/aromatic N) is 2. The number of nitrogens with one attached hydrogen (secondary N) is 1. The fraction of sp³-hybridized carbons (Fsp3) is 0.111. The third kappa shape index (κ3) is 3.99. The van der Waals surface area contributed by atoms with Gasteiger partial charge in [-0.2, -0.15) is 0 Å². The van der Waals surface area contributed by atoms with Gasteiger partial charge < -0.3 is 4.57 Å². The monoisotopic (exact) mass is 403 g/mol. The SMILES string of the molecule is Cn1cc(S(=O)(=O)Nc2ccccc2Sc2ccccc2)c(=O)n(C)c1=O. The molecule has 0 bridgehead atoms. The van der Waals surface area contributed by atoms with E-state index in [2.05, 4.69) is 4.72 Å². The van der Waals surface area contributed by atoms with E-state index >= 15 is 0 Å². The summed E-state index contributed by atoms with van der Waals surface area (Å²) in [6.07, 6.45) is 1.03. The van der Waals surface area contributed by atoms with Crippen LogP contribution >= 0.6 is 11.8 Å². The summed E-state index contributed by atoms with van der Waals surface area (Å²) < 4.78 is 29.9. The largest absolute Gasteiger partial charge is 0.330 e. The fourth-order valence-electron chi connectivity index (χ4n) is 2.41. The van der Waals surface area contributed by atoms with Gasteiger partial charge in [-0.05, 0) is 24.3 Å². The molecular formula is C18H17N3O4S2. The molecule has 0 saturated carbocycles. The fourth-order valence-corrected chi connectivity index (χ4v) is 4.64. The first-order valence-electron chi connectivity index (χ1n) is 7.91. The Kier molecular flexibility index (Phi) is 5.24. The van der Waals surface area contributed by atoms with E-state index in [0.29, 0.717) is 10.6 Å². The van der Waals surface area contributed by atoms with Gasteiger partial charge in [0, 0.05) is 30.1 Å². The Bertz CT molecular complexity index is 1200. The predicted octanol–water partition coefficient (Wildman–Crippen LogP) is 2.04. The Hall–Kier alpha value is -2.78. The molecule has 0 aliphatic rings. The Morgan fingerprint density at radius 2 is 1.56 bits per heavy atom. The molecule has 0 radical (unpaired) electrons. The van der Waals surface area contributed by atoms with Gasteiger partial charge in [0.05, 0.1) is 5.69 Å². The summed E-state index contributed by atoms with van der Waals surface area (Å²) in [4.78, 5) is 25.2. The first kappa shape index (κ1) is 19.0. The lowest BCUT2D eigenvalue weighted by atomic mass is 10.3. The molecule has 0 aliphatic carbocycles. The van der Waals surface area contributed by atoms with Gasteiger partial charge in [0.15, 0.2) is 4.90 Å². The van der Waals surface area contributed by atoms with Crippen LogP contribution < -0.4 is 16.0 Å². The van der Waals surface area contributed by atoms with Gasteiger partial charge >= 0.3 is 5.69 Å². The minimum absolute atomic E-state index is 0.349. The second-order valence-corrected chi connectivity index (χ2v) is 8.53. The number of para-hydroxylation sites is 1. The lowest BCUT2D eigenvalue weighted by molar-refractivity contribution is 0.589. The zero-order valence-corrected chi connectivity index (χ0v) is 16.3. The Labute approximate surface area is 160 Å². The number of aromatic nitrogens is 2. The molecule has 3 aromatic rings. The van der Waals surface area contributed by atoms with Gasteiger partial charge in [0.25, 0.3) is 15.6 Å². The van der Waals surface area contributed by atoms with E-state index in [0.717, 1.165) is 20.2 Å². The normalized spacial score (nSPS) is 11.3. The van der Waals surface area contributed by atoms with Gasteiger partial charge in [-0.15, -0.1) is 0 Å². The van der Waals surface area contributed by atoms with Crippen molar-refractivity contribution in [2.45, 2.75) is 14.7 Å². The first-order chi connectivity index (χ1) is 12.8. The molecule has 27 heavy (non-hydrogen) atoms. The van der Waals surface area contributed by atoms with Gasteiger partial charge in [-0.1, -0.05) is 42.1 Å². The molecule has 7 nitrogen and oxygen atoms in total. The average Bonchev–Trinajstić information content (AvgIpc) is 2.65. The van der Waals surface area contributed by atoms with Crippen molar-refractivity contribution in [2.75, 3.05) is 4.72 Å². The quantitative estimate of drug-likeness (QED) is 0.704. The average molecular weight is 403 g/mol. The van der Waals surface area contributed by atoms with E-state index in [-0.39, 0.29) is 0 Å². The predicted molar refractivity (Wildman–Crippen MR) is 105 cm³/mol. The highest BCUT2D eigenvalue weighted by molar-refractivity contribution is 7.99. The van der Waals surface area contributed by atoms with Crippen molar-refractivity contribution in [1.29, 1.82) is 0 Å². The third-order valence-corrected chi connectivity index (χ3v) is 6.24. The zero-order valence-electron chi connectivity index (χ0n) is 14.6. The summed E-state index contributed by atoms with van der Waals surface area (Å²) in [5.41, 5.74) is -1.12. The Morgan fingerprint density at radius 3 is 2.26 bits per heavy atom. The maximum absolute atomic E-state index is 12.8. The lowest BCUT2D eigenvalue weighted by Crippen LogP contribution is -2.40. The van der Waals surface area contributed by atoms with Gasteiger partial charge in [0.1, 0.15) is 0 Å². The van der Waals surface area contributed by atoms with Crippen molar-refractivity contribution in [2.24, 2.45) is 14.1 Å². The number of hydrogen-bond donors (Lipinski definition) is 1. The molecule has 2 aromatic carbocycles. The summed E-state index contributed by atoms with van der Waals surface area (Å²) >= 11 is 1.40. The number of sulfonamides is 1. The van der Waals surface area contributed by atoms with Crippen LogP contribution in [0.5, 0.6) is 0 Å². The number of aryl methyl sites for hydroxylation is 1. The molecule has 0 fully saturated rings. The Balaban J connectivity index is 2.01. The van der Waals surface area contributed by atoms with E-state index in [9.17, 15) is 18.0 Å². The first-order valence-corrected chi connectivity index (χ1v) is 10.2. The highest BCUT2D eigenvalue weighted by atomic mass is 32.2. The molecule has 0 aliphatic heterocycles. The minimum Gasteiger partial charge on any atom is -0.302 e. The molecule has 0 atom stereocenters. The summed E-state index contributed by atoms with van der Waals surface area (Å²) in [5.74, 6) is 0. The van der Waals surface area contributed by atoms with Crippen molar-refractivity contribution < 1.29 is 8.42 Å². The summed E-state index contributed by atoms with van der Waals surface area (Å²) in [7, 11) is -1.55. The second-order valence-electron chi connectivity index (χ2n) is 5.77. The number of hydrogen-bond acceptors (Lipinski definition) is 5. The molecule has 3 rings (SSSR count). The van der Waals surface area contributed by atoms with Crippen molar-refractivity contribution in [3.8, 4) is 0 Å². The number of benzene rings is 2. The highest BCUT2D eigenvalue weighted by Crippen LogP contribution is 2.33. The molecular weight excluding hydrogens is 386 g/mol. The van der Waals surface area contributed by atoms with Crippen LogP contribution in [0.15, 0.2) is 85.1 Å². The van der Waals surface area contributed by atoms with Crippen molar-refractivity contribution in [1.82, 2.24) is 9.13 Å². The van der Waals surface area contributed by atoms with E-state index in [1.807, 2.05) is 30.3 Å². The second kappa shape index (κ2) is 7.45. The van der Waals surface area contributed by atoms with E-state index in [4.69, 9.17) is 0 Å². The minimum atomic E-state index is -4.18. The highest BCUT2D eigenvalue weighted by Gasteiger charge is 2.22.